The second-order valence-electron chi connectivity index (χ2n) is 4.80. The maximum absolute atomic E-state index is 12.3. The van der Waals surface area contributed by atoms with Crippen LogP contribution in [0.3, 0.4) is 0 Å². The summed E-state index contributed by atoms with van der Waals surface area (Å²) in [6.07, 6.45) is 2.18. The molecule has 0 radical (unpaired) electrons. The van der Waals surface area contributed by atoms with Crippen LogP contribution >= 0.6 is 0 Å². The Hall–Kier alpha value is -1.84. The zero-order chi connectivity index (χ0) is 13.7. The number of carbonyl (C=O) groups excluding carboxylic acids is 2. The van der Waals surface area contributed by atoms with Crippen LogP contribution in [0.4, 0.5) is 5.69 Å². The summed E-state index contributed by atoms with van der Waals surface area (Å²) < 4.78 is 0. The van der Waals surface area contributed by atoms with Gasteiger partial charge in [-0.25, -0.2) is 0 Å². The summed E-state index contributed by atoms with van der Waals surface area (Å²) in [6, 6.07) is 9.65. The van der Waals surface area contributed by atoms with Gasteiger partial charge in [0.05, 0.1) is 0 Å². The van der Waals surface area contributed by atoms with Crippen molar-refractivity contribution in [1.82, 2.24) is 4.90 Å². The molecule has 1 aromatic rings. The van der Waals surface area contributed by atoms with Gasteiger partial charge in [0.15, 0.2) is 0 Å². The lowest BCUT2D eigenvalue weighted by molar-refractivity contribution is -0.134. The first-order valence-electron chi connectivity index (χ1n) is 6.85. The number of benzene rings is 1. The Bertz CT molecular complexity index is 445. The molecule has 0 N–H and O–H groups in total. The zero-order valence-electron chi connectivity index (χ0n) is 11.3. The van der Waals surface area contributed by atoms with Gasteiger partial charge in [0.1, 0.15) is 6.54 Å². The lowest BCUT2D eigenvalue weighted by Gasteiger charge is -2.21. The van der Waals surface area contributed by atoms with E-state index in [2.05, 4.69) is 0 Å². The Morgan fingerprint density at radius 3 is 2.63 bits per heavy atom. The quantitative estimate of drug-likeness (QED) is 0.834. The summed E-state index contributed by atoms with van der Waals surface area (Å²) in [7, 11) is 0. The molecule has 1 aliphatic heterocycles. The first kappa shape index (κ1) is 13.6. The van der Waals surface area contributed by atoms with Gasteiger partial charge < -0.3 is 9.80 Å². The molecule has 1 aromatic carbocycles. The predicted octanol–water partition coefficient (Wildman–Crippen LogP) is 2.05. The molecular weight excluding hydrogens is 240 g/mol. The Morgan fingerprint density at radius 2 is 1.95 bits per heavy atom. The molecule has 0 aliphatic carbocycles. The summed E-state index contributed by atoms with van der Waals surface area (Å²) in [4.78, 5) is 27.6. The van der Waals surface area contributed by atoms with Crippen LogP contribution in [0.15, 0.2) is 30.3 Å². The van der Waals surface area contributed by atoms with Gasteiger partial charge in [0.2, 0.25) is 11.8 Å². The van der Waals surface area contributed by atoms with E-state index in [1.807, 2.05) is 37.3 Å². The van der Waals surface area contributed by atoms with Crippen LogP contribution in [0.5, 0.6) is 0 Å². The molecule has 1 aliphatic rings. The maximum Gasteiger partial charge on any atom is 0.246 e. The van der Waals surface area contributed by atoms with Crippen LogP contribution in [0.1, 0.15) is 26.2 Å². The Balaban J connectivity index is 2.07. The smallest absolute Gasteiger partial charge is 0.246 e. The van der Waals surface area contributed by atoms with Crippen molar-refractivity contribution < 1.29 is 9.59 Å². The van der Waals surface area contributed by atoms with Crippen LogP contribution in [-0.2, 0) is 9.59 Å². The number of para-hydroxylation sites is 1. The van der Waals surface area contributed by atoms with E-state index in [9.17, 15) is 9.59 Å². The molecule has 2 amide bonds. The van der Waals surface area contributed by atoms with Crippen molar-refractivity contribution in [2.24, 2.45) is 0 Å². The monoisotopic (exact) mass is 260 g/mol. The van der Waals surface area contributed by atoms with Crippen molar-refractivity contribution in [3.05, 3.63) is 30.3 Å². The highest BCUT2D eigenvalue weighted by molar-refractivity contribution is 5.97. The van der Waals surface area contributed by atoms with Gasteiger partial charge in [0.25, 0.3) is 0 Å². The van der Waals surface area contributed by atoms with Gasteiger partial charge in [-0.2, -0.15) is 0 Å². The second kappa shape index (κ2) is 6.36. The lowest BCUT2D eigenvalue weighted by Crippen LogP contribution is -2.39. The SMILES string of the molecule is CCCC(=O)N1CCCN(c2ccccc2)C(=O)C1. The third-order valence-corrected chi connectivity index (χ3v) is 3.32. The third kappa shape index (κ3) is 3.34. The Morgan fingerprint density at radius 1 is 1.21 bits per heavy atom. The fraction of sp³-hybridized carbons (Fsp3) is 0.467. The maximum atomic E-state index is 12.3. The van der Waals surface area contributed by atoms with Crippen molar-refractivity contribution in [3.63, 3.8) is 0 Å². The number of amides is 2. The second-order valence-corrected chi connectivity index (χ2v) is 4.80. The van der Waals surface area contributed by atoms with Crippen LogP contribution < -0.4 is 4.90 Å². The van der Waals surface area contributed by atoms with Crippen LogP contribution in [0.25, 0.3) is 0 Å². The van der Waals surface area contributed by atoms with Crippen molar-refractivity contribution in [3.8, 4) is 0 Å². The molecule has 1 fully saturated rings. The topological polar surface area (TPSA) is 40.6 Å². The lowest BCUT2D eigenvalue weighted by atomic mass is 10.2. The standard InChI is InChI=1S/C15H20N2O2/c1-2-7-14(18)16-10-6-11-17(15(19)12-16)13-8-4-3-5-9-13/h3-5,8-9H,2,6-7,10-12H2,1H3. The van der Waals surface area contributed by atoms with E-state index in [1.54, 1.807) is 9.80 Å². The van der Waals surface area contributed by atoms with Crippen LogP contribution in [0, 0.1) is 0 Å². The average molecular weight is 260 g/mol. The molecule has 2 rings (SSSR count). The van der Waals surface area contributed by atoms with Gasteiger partial charge >= 0.3 is 0 Å². The first-order chi connectivity index (χ1) is 9.22. The molecule has 4 heteroatoms. The molecule has 19 heavy (non-hydrogen) atoms. The third-order valence-electron chi connectivity index (χ3n) is 3.32. The Kier molecular flexibility index (Phi) is 4.55. The van der Waals surface area contributed by atoms with Crippen LogP contribution in [-0.4, -0.2) is 36.3 Å². The molecule has 0 saturated carbocycles. The summed E-state index contributed by atoms with van der Waals surface area (Å²) in [5, 5.41) is 0. The summed E-state index contributed by atoms with van der Waals surface area (Å²) in [6.45, 7) is 3.54. The predicted molar refractivity (Wildman–Crippen MR) is 74.9 cm³/mol. The highest BCUT2D eigenvalue weighted by Gasteiger charge is 2.24. The molecular formula is C15H20N2O2. The minimum Gasteiger partial charge on any atom is -0.333 e. The molecule has 0 atom stereocenters. The van der Waals surface area contributed by atoms with Crippen molar-refractivity contribution in [1.29, 1.82) is 0 Å². The molecule has 0 unspecified atom stereocenters. The van der Waals surface area contributed by atoms with Gasteiger partial charge in [-0.1, -0.05) is 25.1 Å². The van der Waals surface area contributed by atoms with E-state index in [0.717, 1.165) is 18.5 Å². The van der Waals surface area contributed by atoms with Crippen molar-refractivity contribution >= 4 is 17.5 Å². The van der Waals surface area contributed by atoms with E-state index >= 15 is 0 Å². The number of nitrogens with zero attached hydrogens (tertiary/aromatic N) is 2. The van der Waals surface area contributed by atoms with E-state index in [4.69, 9.17) is 0 Å². The number of hydrogen-bond donors (Lipinski definition) is 0. The molecule has 0 bridgehead atoms. The largest absolute Gasteiger partial charge is 0.333 e. The molecule has 4 nitrogen and oxygen atoms in total. The Labute approximate surface area is 114 Å². The van der Waals surface area contributed by atoms with E-state index in [-0.39, 0.29) is 18.4 Å². The number of hydrogen-bond acceptors (Lipinski definition) is 2. The highest BCUT2D eigenvalue weighted by atomic mass is 16.2. The molecule has 1 saturated heterocycles. The normalized spacial score (nSPS) is 16.4. The summed E-state index contributed by atoms with van der Waals surface area (Å²) in [5.41, 5.74) is 0.914. The number of anilines is 1. The average Bonchev–Trinajstić information content (AvgIpc) is 2.62. The van der Waals surface area contributed by atoms with E-state index in [0.29, 0.717) is 19.5 Å². The van der Waals surface area contributed by atoms with Gasteiger partial charge in [-0.15, -0.1) is 0 Å². The summed E-state index contributed by atoms with van der Waals surface area (Å²) >= 11 is 0. The zero-order valence-corrected chi connectivity index (χ0v) is 11.3. The van der Waals surface area contributed by atoms with Crippen LogP contribution in [0.2, 0.25) is 0 Å². The van der Waals surface area contributed by atoms with Gasteiger partial charge in [-0.05, 0) is 25.0 Å². The molecule has 102 valence electrons. The minimum absolute atomic E-state index is 0.00755. The molecule has 0 aromatic heterocycles. The van der Waals surface area contributed by atoms with Gasteiger partial charge in [0, 0.05) is 25.2 Å². The fourth-order valence-corrected chi connectivity index (χ4v) is 2.34. The first-order valence-corrected chi connectivity index (χ1v) is 6.85. The minimum atomic E-state index is 0.00755. The van der Waals surface area contributed by atoms with E-state index < -0.39 is 0 Å². The van der Waals surface area contributed by atoms with E-state index in [1.165, 1.54) is 0 Å². The number of carbonyl (C=O) groups is 2. The summed E-state index contributed by atoms with van der Waals surface area (Å²) in [5.74, 6) is 0.0962. The molecule has 1 heterocycles. The van der Waals surface area contributed by atoms with Crippen molar-refractivity contribution in [2.75, 3.05) is 24.5 Å². The molecule has 0 spiro atoms. The number of rotatable bonds is 3. The fourth-order valence-electron chi connectivity index (χ4n) is 2.34. The van der Waals surface area contributed by atoms with Crippen molar-refractivity contribution in [2.45, 2.75) is 26.2 Å². The highest BCUT2D eigenvalue weighted by Crippen LogP contribution is 2.17. The van der Waals surface area contributed by atoms with Gasteiger partial charge in [-0.3, -0.25) is 9.59 Å².